The van der Waals surface area contributed by atoms with Crippen LogP contribution in [0.3, 0.4) is 0 Å². The molecular formula is C15H22N2O3. The van der Waals surface area contributed by atoms with E-state index in [4.69, 9.17) is 9.84 Å². The van der Waals surface area contributed by atoms with Crippen LogP contribution in [-0.4, -0.2) is 34.8 Å². The molecule has 1 aliphatic carbocycles. The third-order valence-corrected chi connectivity index (χ3v) is 3.30. The fourth-order valence-corrected chi connectivity index (χ4v) is 2.21. The SMILES string of the molecule is CC(C)Oc1cccnc1C(=O)NC(CCO)C1CC1. The molecule has 1 atom stereocenters. The van der Waals surface area contributed by atoms with E-state index in [2.05, 4.69) is 10.3 Å². The minimum Gasteiger partial charge on any atom is -0.489 e. The maximum atomic E-state index is 12.3. The summed E-state index contributed by atoms with van der Waals surface area (Å²) in [6, 6.07) is 3.53. The van der Waals surface area contributed by atoms with Crippen molar-refractivity contribution in [2.24, 2.45) is 5.92 Å². The highest BCUT2D eigenvalue weighted by molar-refractivity contribution is 5.95. The second-order valence-corrected chi connectivity index (χ2v) is 5.45. The van der Waals surface area contributed by atoms with E-state index in [1.807, 2.05) is 13.8 Å². The lowest BCUT2D eigenvalue weighted by atomic mass is 10.1. The van der Waals surface area contributed by atoms with Crippen LogP contribution in [0.25, 0.3) is 0 Å². The van der Waals surface area contributed by atoms with Gasteiger partial charge in [0, 0.05) is 18.8 Å². The molecule has 5 heteroatoms. The highest BCUT2D eigenvalue weighted by atomic mass is 16.5. The van der Waals surface area contributed by atoms with Gasteiger partial charge in [-0.1, -0.05) is 0 Å². The number of nitrogens with zero attached hydrogens (tertiary/aromatic N) is 1. The van der Waals surface area contributed by atoms with Gasteiger partial charge in [0.05, 0.1) is 6.10 Å². The van der Waals surface area contributed by atoms with Crippen molar-refractivity contribution in [1.82, 2.24) is 10.3 Å². The summed E-state index contributed by atoms with van der Waals surface area (Å²) in [7, 11) is 0. The van der Waals surface area contributed by atoms with Crippen LogP contribution in [-0.2, 0) is 0 Å². The van der Waals surface area contributed by atoms with Gasteiger partial charge in [0.2, 0.25) is 0 Å². The first-order chi connectivity index (χ1) is 9.61. The summed E-state index contributed by atoms with van der Waals surface area (Å²) in [5.74, 6) is 0.759. The lowest BCUT2D eigenvalue weighted by Crippen LogP contribution is -2.37. The second-order valence-electron chi connectivity index (χ2n) is 5.45. The standard InChI is InChI=1S/C15H22N2O3/c1-10(2)20-13-4-3-8-16-14(13)15(19)17-12(7-9-18)11-5-6-11/h3-4,8,10-12,18H,5-7,9H2,1-2H3,(H,17,19). The fourth-order valence-electron chi connectivity index (χ4n) is 2.21. The van der Waals surface area contributed by atoms with Gasteiger partial charge in [-0.15, -0.1) is 0 Å². The van der Waals surface area contributed by atoms with Crippen molar-refractivity contribution in [1.29, 1.82) is 0 Å². The number of nitrogens with one attached hydrogen (secondary N) is 1. The van der Waals surface area contributed by atoms with Crippen LogP contribution in [0.5, 0.6) is 5.75 Å². The number of pyridine rings is 1. The molecular weight excluding hydrogens is 256 g/mol. The van der Waals surface area contributed by atoms with Crippen molar-refractivity contribution >= 4 is 5.91 Å². The van der Waals surface area contributed by atoms with Gasteiger partial charge in [-0.2, -0.15) is 0 Å². The smallest absolute Gasteiger partial charge is 0.273 e. The van der Waals surface area contributed by atoms with Crippen molar-refractivity contribution in [3.63, 3.8) is 0 Å². The Morgan fingerprint density at radius 1 is 1.55 bits per heavy atom. The summed E-state index contributed by atoms with van der Waals surface area (Å²) in [4.78, 5) is 16.5. The molecule has 0 bridgehead atoms. The minimum absolute atomic E-state index is 0.0116. The van der Waals surface area contributed by atoms with E-state index in [9.17, 15) is 4.79 Å². The predicted octanol–water partition coefficient (Wildman–Crippen LogP) is 1.76. The number of rotatable bonds is 7. The quantitative estimate of drug-likeness (QED) is 0.797. The zero-order valence-electron chi connectivity index (χ0n) is 12.0. The Morgan fingerprint density at radius 3 is 2.90 bits per heavy atom. The lowest BCUT2D eigenvalue weighted by molar-refractivity contribution is 0.0912. The molecule has 2 N–H and O–H groups in total. The average Bonchev–Trinajstić information content (AvgIpc) is 3.22. The number of aliphatic hydroxyl groups excluding tert-OH is 1. The van der Waals surface area contributed by atoms with Crippen molar-refractivity contribution in [3.05, 3.63) is 24.0 Å². The van der Waals surface area contributed by atoms with E-state index in [1.54, 1.807) is 18.3 Å². The molecule has 1 aromatic heterocycles. The van der Waals surface area contributed by atoms with E-state index >= 15 is 0 Å². The molecule has 110 valence electrons. The van der Waals surface area contributed by atoms with Gasteiger partial charge in [-0.05, 0) is 51.2 Å². The van der Waals surface area contributed by atoms with E-state index in [-0.39, 0.29) is 24.7 Å². The van der Waals surface area contributed by atoms with Gasteiger partial charge < -0.3 is 15.2 Å². The number of hydrogen-bond donors (Lipinski definition) is 2. The molecule has 5 nitrogen and oxygen atoms in total. The van der Waals surface area contributed by atoms with E-state index in [0.717, 1.165) is 12.8 Å². The molecule has 20 heavy (non-hydrogen) atoms. The summed E-state index contributed by atoms with van der Waals surface area (Å²) < 4.78 is 5.61. The minimum atomic E-state index is -0.230. The number of amides is 1. The van der Waals surface area contributed by atoms with Gasteiger partial charge in [0.1, 0.15) is 0 Å². The molecule has 0 aliphatic heterocycles. The number of ether oxygens (including phenoxy) is 1. The molecule has 0 aromatic carbocycles. The van der Waals surface area contributed by atoms with Gasteiger partial charge >= 0.3 is 0 Å². The van der Waals surface area contributed by atoms with Crippen LogP contribution in [0, 0.1) is 5.92 Å². The lowest BCUT2D eigenvalue weighted by Gasteiger charge is -2.18. The molecule has 1 aromatic rings. The number of carbonyl (C=O) groups excluding carboxylic acids is 1. The highest BCUT2D eigenvalue weighted by Crippen LogP contribution is 2.34. The zero-order valence-corrected chi connectivity index (χ0v) is 12.0. The molecule has 1 saturated carbocycles. The molecule has 1 aliphatic rings. The average molecular weight is 278 g/mol. The molecule has 0 spiro atoms. The van der Waals surface area contributed by atoms with E-state index in [0.29, 0.717) is 23.8 Å². The van der Waals surface area contributed by atoms with Crippen molar-refractivity contribution in [2.45, 2.75) is 45.3 Å². The van der Waals surface area contributed by atoms with Gasteiger partial charge in [-0.25, -0.2) is 4.98 Å². The molecule has 1 amide bonds. The van der Waals surface area contributed by atoms with Crippen LogP contribution in [0.2, 0.25) is 0 Å². The highest BCUT2D eigenvalue weighted by Gasteiger charge is 2.32. The van der Waals surface area contributed by atoms with Gasteiger partial charge in [0.15, 0.2) is 11.4 Å². The normalized spacial score (nSPS) is 16.0. The predicted molar refractivity (Wildman–Crippen MR) is 75.7 cm³/mol. The Hall–Kier alpha value is -1.62. The van der Waals surface area contributed by atoms with Gasteiger partial charge in [-0.3, -0.25) is 4.79 Å². The number of aliphatic hydroxyl groups is 1. The number of aromatic nitrogens is 1. The summed E-state index contributed by atoms with van der Waals surface area (Å²) in [5, 5.41) is 12.0. The van der Waals surface area contributed by atoms with Crippen LogP contribution >= 0.6 is 0 Å². The first-order valence-corrected chi connectivity index (χ1v) is 7.15. The van der Waals surface area contributed by atoms with Crippen molar-refractivity contribution in [3.8, 4) is 5.75 Å². The summed E-state index contributed by atoms with van der Waals surface area (Å²) in [5.41, 5.74) is 0.310. The summed E-state index contributed by atoms with van der Waals surface area (Å²) >= 11 is 0. The monoisotopic (exact) mass is 278 g/mol. The molecule has 0 saturated heterocycles. The Balaban J connectivity index is 2.07. The number of carbonyl (C=O) groups is 1. The third-order valence-electron chi connectivity index (χ3n) is 3.30. The summed E-state index contributed by atoms with van der Waals surface area (Å²) in [6.07, 6.45) is 4.39. The van der Waals surface area contributed by atoms with Gasteiger partial charge in [0.25, 0.3) is 5.91 Å². The Bertz CT molecular complexity index is 458. The van der Waals surface area contributed by atoms with Crippen LogP contribution in [0.1, 0.15) is 43.6 Å². The first-order valence-electron chi connectivity index (χ1n) is 7.15. The Morgan fingerprint density at radius 2 is 2.30 bits per heavy atom. The van der Waals surface area contributed by atoms with Crippen molar-refractivity contribution < 1.29 is 14.6 Å². The maximum absolute atomic E-state index is 12.3. The van der Waals surface area contributed by atoms with Crippen LogP contribution < -0.4 is 10.1 Å². The maximum Gasteiger partial charge on any atom is 0.273 e. The topological polar surface area (TPSA) is 71.5 Å². The van der Waals surface area contributed by atoms with Crippen LogP contribution in [0.15, 0.2) is 18.3 Å². The van der Waals surface area contributed by atoms with Crippen LogP contribution in [0.4, 0.5) is 0 Å². The Labute approximate surface area is 119 Å². The Kier molecular flexibility index (Phi) is 4.95. The zero-order chi connectivity index (χ0) is 14.5. The molecule has 1 fully saturated rings. The van der Waals surface area contributed by atoms with E-state index < -0.39 is 0 Å². The first kappa shape index (κ1) is 14.8. The molecule has 1 heterocycles. The fraction of sp³-hybridized carbons (Fsp3) is 0.600. The summed E-state index contributed by atoms with van der Waals surface area (Å²) in [6.45, 7) is 3.90. The molecule has 2 rings (SSSR count). The number of hydrogen-bond acceptors (Lipinski definition) is 4. The molecule has 1 unspecified atom stereocenters. The molecule has 0 radical (unpaired) electrons. The van der Waals surface area contributed by atoms with E-state index in [1.165, 1.54) is 0 Å². The second kappa shape index (κ2) is 6.70. The van der Waals surface area contributed by atoms with Crippen molar-refractivity contribution in [2.75, 3.05) is 6.61 Å². The third kappa shape index (κ3) is 3.93. The largest absolute Gasteiger partial charge is 0.489 e.